The Labute approximate surface area is 153 Å². The molecule has 138 valence electrons. The predicted molar refractivity (Wildman–Crippen MR) is 105 cm³/mol. The molecule has 1 aromatic heterocycles. The van der Waals surface area contributed by atoms with E-state index in [4.69, 9.17) is 0 Å². The second-order valence-corrected chi connectivity index (χ2v) is 7.55. The third-order valence-electron chi connectivity index (χ3n) is 5.95. The maximum atomic E-state index is 12.5. The number of nitrogens with zero attached hydrogens (tertiary/aromatic N) is 2. The van der Waals surface area contributed by atoms with Crippen LogP contribution in [0.25, 0.3) is 11.0 Å². The lowest BCUT2D eigenvalue weighted by Crippen LogP contribution is -2.45. The molecule has 1 N–H and O–H groups in total. The van der Waals surface area contributed by atoms with Crippen LogP contribution in [0.4, 0.5) is 0 Å². The summed E-state index contributed by atoms with van der Waals surface area (Å²) in [6.07, 6.45) is 12.6. The van der Waals surface area contributed by atoms with Crippen molar-refractivity contribution >= 4 is 11.0 Å². The number of hydrogen-bond acceptors (Lipinski definition) is 3. The Kier molecular flexibility index (Phi) is 5.07. The number of piperidine rings is 1. The molecule has 2 aliphatic rings. The van der Waals surface area contributed by atoms with Gasteiger partial charge in [-0.3, -0.25) is 14.2 Å². The van der Waals surface area contributed by atoms with Gasteiger partial charge < -0.3 is 9.88 Å². The van der Waals surface area contributed by atoms with Crippen molar-refractivity contribution in [2.45, 2.75) is 57.0 Å². The number of H-pyrrole nitrogens is 1. The SMILES string of the molecule is O=c1[nH]c2ccccc2n(C2CCN(C3CCC=CCCC3)CC2)c1=O. The normalized spacial score (nSPS) is 23.0. The van der Waals surface area contributed by atoms with E-state index < -0.39 is 11.1 Å². The fourth-order valence-corrected chi connectivity index (χ4v) is 4.56. The Bertz CT molecular complexity index is 903. The van der Waals surface area contributed by atoms with Crippen molar-refractivity contribution < 1.29 is 0 Å². The fraction of sp³-hybridized carbons (Fsp3) is 0.524. The number of nitrogens with one attached hydrogen (secondary N) is 1. The monoisotopic (exact) mass is 353 g/mol. The molecule has 0 amide bonds. The van der Waals surface area contributed by atoms with E-state index >= 15 is 0 Å². The second kappa shape index (κ2) is 7.62. The number of allylic oxidation sites excluding steroid dienone is 2. The molecule has 1 unspecified atom stereocenters. The Morgan fingerprint density at radius 3 is 2.50 bits per heavy atom. The highest BCUT2D eigenvalue weighted by Gasteiger charge is 2.27. The first-order chi connectivity index (χ1) is 12.7. The number of aromatic amines is 1. The molecule has 26 heavy (non-hydrogen) atoms. The number of hydrogen-bond donors (Lipinski definition) is 1. The van der Waals surface area contributed by atoms with Gasteiger partial charge in [0.2, 0.25) is 0 Å². The van der Waals surface area contributed by atoms with Crippen LogP contribution in [0.15, 0.2) is 46.0 Å². The van der Waals surface area contributed by atoms with Gasteiger partial charge in [0.1, 0.15) is 0 Å². The van der Waals surface area contributed by atoms with Crippen molar-refractivity contribution in [2.75, 3.05) is 13.1 Å². The zero-order chi connectivity index (χ0) is 17.9. The first-order valence-corrected chi connectivity index (χ1v) is 9.86. The van der Waals surface area contributed by atoms with Crippen molar-refractivity contribution in [3.8, 4) is 0 Å². The molecule has 1 atom stereocenters. The summed E-state index contributed by atoms with van der Waals surface area (Å²) in [4.78, 5) is 29.9. The highest BCUT2D eigenvalue weighted by Crippen LogP contribution is 2.28. The Morgan fingerprint density at radius 2 is 1.65 bits per heavy atom. The topological polar surface area (TPSA) is 58.1 Å². The molecule has 0 saturated carbocycles. The van der Waals surface area contributed by atoms with Crippen LogP contribution in [0.3, 0.4) is 0 Å². The second-order valence-electron chi connectivity index (χ2n) is 7.55. The van der Waals surface area contributed by atoms with Gasteiger partial charge in [0.25, 0.3) is 0 Å². The zero-order valence-corrected chi connectivity index (χ0v) is 15.2. The average molecular weight is 353 g/mol. The summed E-state index contributed by atoms with van der Waals surface area (Å²) in [5, 5.41) is 0. The van der Waals surface area contributed by atoms with E-state index in [-0.39, 0.29) is 6.04 Å². The zero-order valence-electron chi connectivity index (χ0n) is 15.2. The van der Waals surface area contributed by atoms with Crippen molar-refractivity contribution in [1.82, 2.24) is 14.5 Å². The van der Waals surface area contributed by atoms with E-state index in [2.05, 4.69) is 22.0 Å². The summed E-state index contributed by atoms with van der Waals surface area (Å²) in [7, 11) is 0. The summed E-state index contributed by atoms with van der Waals surface area (Å²) in [5.74, 6) is 0. The molecule has 2 heterocycles. The molecule has 0 bridgehead atoms. The quantitative estimate of drug-likeness (QED) is 0.666. The van der Waals surface area contributed by atoms with Gasteiger partial charge in [-0.25, -0.2) is 0 Å². The van der Waals surface area contributed by atoms with Gasteiger partial charge >= 0.3 is 11.1 Å². The van der Waals surface area contributed by atoms with Crippen LogP contribution in [0, 0.1) is 0 Å². The Balaban J connectivity index is 1.54. The molecule has 2 aromatic rings. The Hall–Kier alpha value is -2.14. The molecular weight excluding hydrogens is 326 g/mol. The van der Waals surface area contributed by atoms with E-state index in [0.717, 1.165) is 37.0 Å². The summed E-state index contributed by atoms with van der Waals surface area (Å²) in [6, 6.07) is 8.38. The van der Waals surface area contributed by atoms with Gasteiger partial charge in [-0.15, -0.1) is 0 Å². The Morgan fingerprint density at radius 1 is 0.885 bits per heavy atom. The number of fused-ring (bicyclic) bond motifs is 1. The van der Waals surface area contributed by atoms with Crippen LogP contribution >= 0.6 is 0 Å². The van der Waals surface area contributed by atoms with Crippen LogP contribution in [0.1, 0.15) is 51.0 Å². The molecule has 5 heteroatoms. The molecule has 0 radical (unpaired) electrons. The highest BCUT2D eigenvalue weighted by atomic mass is 16.2. The van der Waals surface area contributed by atoms with Crippen molar-refractivity contribution in [3.05, 3.63) is 57.1 Å². The fourth-order valence-electron chi connectivity index (χ4n) is 4.56. The van der Waals surface area contributed by atoms with Gasteiger partial charge in [-0.1, -0.05) is 24.3 Å². The first kappa shape index (κ1) is 17.3. The van der Waals surface area contributed by atoms with Gasteiger partial charge in [0, 0.05) is 25.2 Å². The maximum absolute atomic E-state index is 12.5. The lowest BCUT2D eigenvalue weighted by atomic mass is 9.95. The molecule has 5 nitrogen and oxygen atoms in total. The molecule has 1 aliphatic heterocycles. The van der Waals surface area contributed by atoms with E-state index in [1.807, 2.05) is 24.3 Å². The molecule has 4 rings (SSSR count). The number of aromatic nitrogens is 2. The van der Waals surface area contributed by atoms with Crippen molar-refractivity contribution in [1.29, 1.82) is 0 Å². The molecular formula is C21H27N3O2. The van der Waals surface area contributed by atoms with E-state index in [1.165, 1.54) is 32.1 Å². The van der Waals surface area contributed by atoms with E-state index in [9.17, 15) is 9.59 Å². The third kappa shape index (κ3) is 3.40. The van der Waals surface area contributed by atoms with Gasteiger partial charge in [0.15, 0.2) is 0 Å². The number of rotatable bonds is 2. The van der Waals surface area contributed by atoms with Gasteiger partial charge in [0.05, 0.1) is 11.0 Å². The lowest BCUT2D eigenvalue weighted by Gasteiger charge is -2.38. The molecule has 1 aromatic carbocycles. The summed E-state index contributed by atoms with van der Waals surface area (Å²) in [6.45, 7) is 2.01. The molecule has 1 aliphatic carbocycles. The third-order valence-corrected chi connectivity index (χ3v) is 5.95. The van der Waals surface area contributed by atoms with E-state index in [1.54, 1.807) is 4.57 Å². The van der Waals surface area contributed by atoms with Gasteiger partial charge in [-0.05, 0) is 57.1 Å². The molecule has 1 fully saturated rings. The smallest absolute Gasteiger partial charge is 0.316 e. The van der Waals surface area contributed by atoms with Crippen molar-refractivity contribution in [2.24, 2.45) is 0 Å². The van der Waals surface area contributed by atoms with Crippen LogP contribution in [-0.4, -0.2) is 33.6 Å². The van der Waals surface area contributed by atoms with E-state index in [0.29, 0.717) is 6.04 Å². The lowest BCUT2D eigenvalue weighted by molar-refractivity contribution is 0.121. The predicted octanol–water partition coefficient (Wildman–Crippen LogP) is 3.22. The highest BCUT2D eigenvalue weighted by molar-refractivity contribution is 5.74. The number of benzene rings is 1. The number of likely N-dealkylation sites (tertiary alicyclic amines) is 1. The van der Waals surface area contributed by atoms with Gasteiger partial charge in [-0.2, -0.15) is 0 Å². The summed E-state index contributed by atoms with van der Waals surface area (Å²) < 4.78 is 1.74. The van der Waals surface area contributed by atoms with Crippen LogP contribution in [0.2, 0.25) is 0 Å². The summed E-state index contributed by atoms with van der Waals surface area (Å²) in [5.41, 5.74) is 0.647. The average Bonchev–Trinajstić information content (AvgIpc) is 2.63. The minimum atomic E-state index is -0.516. The molecule has 1 saturated heterocycles. The molecule has 0 spiro atoms. The standard InChI is InChI=1S/C21H27N3O2/c25-20-21(26)24(19-11-7-6-10-18(19)22-20)17-12-14-23(15-13-17)16-8-4-2-1-3-5-9-16/h1-2,6-7,10-11,16-17H,3-5,8-9,12-15H2,(H,22,25). The minimum absolute atomic E-state index is 0.111. The minimum Gasteiger partial charge on any atom is -0.316 e. The van der Waals surface area contributed by atoms with Crippen molar-refractivity contribution in [3.63, 3.8) is 0 Å². The van der Waals surface area contributed by atoms with Crippen LogP contribution in [-0.2, 0) is 0 Å². The van der Waals surface area contributed by atoms with Crippen LogP contribution < -0.4 is 11.1 Å². The largest absolute Gasteiger partial charge is 0.316 e. The summed E-state index contributed by atoms with van der Waals surface area (Å²) >= 11 is 0. The van der Waals surface area contributed by atoms with Crippen LogP contribution in [0.5, 0.6) is 0 Å². The first-order valence-electron chi connectivity index (χ1n) is 9.86. The maximum Gasteiger partial charge on any atom is 0.316 e. The number of para-hydroxylation sites is 2.